The van der Waals surface area contributed by atoms with Crippen molar-refractivity contribution in [2.24, 2.45) is 0 Å². The molecule has 0 bridgehead atoms. The Labute approximate surface area is 183 Å². The molecule has 4 aromatic rings. The van der Waals surface area contributed by atoms with Crippen LogP contribution in [0.3, 0.4) is 0 Å². The summed E-state index contributed by atoms with van der Waals surface area (Å²) in [5.41, 5.74) is 1.82. The van der Waals surface area contributed by atoms with Crippen LogP contribution >= 0.6 is 0 Å². The summed E-state index contributed by atoms with van der Waals surface area (Å²) in [5, 5.41) is 9.78. The van der Waals surface area contributed by atoms with E-state index in [1.165, 1.54) is 6.07 Å². The van der Waals surface area contributed by atoms with Gasteiger partial charge in [-0.15, -0.1) is 0 Å². The van der Waals surface area contributed by atoms with Crippen LogP contribution in [-0.4, -0.2) is 26.0 Å². The van der Waals surface area contributed by atoms with Crippen LogP contribution in [0, 0.1) is 11.9 Å². The van der Waals surface area contributed by atoms with Gasteiger partial charge >= 0.3 is 5.97 Å². The van der Waals surface area contributed by atoms with Crippen molar-refractivity contribution in [3.63, 3.8) is 0 Å². The molecule has 0 fully saturated rings. The molecule has 0 aliphatic heterocycles. The van der Waals surface area contributed by atoms with Crippen molar-refractivity contribution >= 4 is 5.97 Å². The van der Waals surface area contributed by atoms with Crippen molar-refractivity contribution in [2.45, 2.75) is 19.3 Å². The molecule has 3 heterocycles. The quantitative estimate of drug-likeness (QED) is 0.422. The molecule has 0 unspecified atom stereocenters. The second kappa shape index (κ2) is 8.26. The third kappa shape index (κ3) is 3.97. The van der Waals surface area contributed by atoms with Gasteiger partial charge in [0, 0.05) is 11.0 Å². The van der Waals surface area contributed by atoms with E-state index < -0.39 is 23.3 Å². The third-order valence-electron chi connectivity index (χ3n) is 5.30. The monoisotopic (exact) mass is 431 g/mol. The maximum atomic E-state index is 14.2. The molecule has 0 aliphatic carbocycles. The molecular formula is C25H19F2N3O2. The lowest BCUT2D eigenvalue weighted by Gasteiger charge is -2.25. The largest absolute Gasteiger partial charge is 0.476 e. The number of carbonyl (C=O) groups is 1. The fourth-order valence-electron chi connectivity index (χ4n) is 3.49. The molecule has 1 aromatic carbocycles. The van der Waals surface area contributed by atoms with Crippen molar-refractivity contribution < 1.29 is 18.7 Å². The molecule has 0 saturated heterocycles. The number of nitrogens with zero attached hydrogens (tertiary/aromatic N) is 3. The Morgan fingerprint density at radius 1 is 0.781 bits per heavy atom. The van der Waals surface area contributed by atoms with Gasteiger partial charge in [0.15, 0.2) is 5.69 Å². The Bertz CT molecular complexity index is 1310. The van der Waals surface area contributed by atoms with E-state index in [0.29, 0.717) is 22.6 Å². The van der Waals surface area contributed by atoms with E-state index in [1.807, 2.05) is 44.2 Å². The summed E-state index contributed by atoms with van der Waals surface area (Å²) in [7, 11) is 0. The summed E-state index contributed by atoms with van der Waals surface area (Å²) >= 11 is 0. The fraction of sp³-hybridized carbons (Fsp3) is 0.120. The minimum Gasteiger partial charge on any atom is -0.476 e. The number of carboxylic acid groups (broad SMARTS) is 1. The van der Waals surface area contributed by atoms with E-state index in [0.717, 1.165) is 11.6 Å². The van der Waals surface area contributed by atoms with Gasteiger partial charge in [0.2, 0.25) is 11.9 Å². The minimum atomic E-state index is -1.14. The van der Waals surface area contributed by atoms with Gasteiger partial charge in [-0.05, 0) is 49.7 Å². The smallest absolute Gasteiger partial charge is 0.355 e. The van der Waals surface area contributed by atoms with Gasteiger partial charge in [-0.3, -0.25) is 4.98 Å². The highest BCUT2D eigenvalue weighted by Crippen LogP contribution is 2.33. The first-order chi connectivity index (χ1) is 15.3. The van der Waals surface area contributed by atoms with Gasteiger partial charge in [0.1, 0.15) is 0 Å². The van der Waals surface area contributed by atoms with Gasteiger partial charge in [0.05, 0.1) is 22.6 Å². The number of aromatic nitrogens is 3. The zero-order valence-corrected chi connectivity index (χ0v) is 17.4. The van der Waals surface area contributed by atoms with Crippen LogP contribution in [0.5, 0.6) is 0 Å². The van der Waals surface area contributed by atoms with Crippen molar-refractivity contribution in [1.82, 2.24) is 15.0 Å². The molecule has 5 nitrogen and oxygen atoms in total. The zero-order valence-electron chi connectivity index (χ0n) is 17.4. The van der Waals surface area contributed by atoms with Crippen LogP contribution in [-0.2, 0) is 5.41 Å². The van der Waals surface area contributed by atoms with E-state index in [4.69, 9.17) is 0 Å². The number of halogens is 2. The Balaban J connectivity index is 1.78. The molecule has 0 saturated carbocycles. The van der Waals surface area contributed by atoms with Crippen molar-refractivity contribution in [1.29, 1.82) is 0 Å². The molecule has 0 aliphatic rings. The van der Waals surface area contributed by atoms with Crippen LogP contribution < -0.4 is 0 Å². The van der Waals surface area contributed by atoms with Gasteiger partial charge in [0.25, 0.3) is 0 Å². The van der Waals surface area contributed by atoms with Gasteiger partial charge < -0.3 is 5.11 Å². The maximum Gasteiger partial charge on any atom is 0.355 e. The first-order valence-electron chi connectivity index (χ1n) is 9.87. The van der Waals surface area contributed by atoms with Crippen molar-refractivity contribution in [3.05, 3.63) is 102 Å². The van der Waals surface area contributed by atoms with E-state index in [9.17, 15) is 18.7 Å². The highest BCUT2D eigenvalue weighted by Gasteiger charge is 2.29. The SMILES string of the molecule is CC(C)(c1cccc(-c2ccc(F)nc2F)n1)c1ccc(-c2ccccc2)c(C(=O)O)n1. The van der Waals surface area contributed by atoms with E-state index >= 15 is 0 Å². The minimum absolute atomic E-state index is 0.0632. The summed E-state index contributed by atoms with van der Waals surface area (Å²) < 4.78 is 27.3. The molecule has 0 atom stereocenters. The molecule has 0 amide bonds. The predicted molar refractivity (Wildman–Crippen MR) is 116 cm³/mol. The summed E-state index contributed by atoms with van der Waals surface area (Å²) in [6.45, 7) is 3.71. The van der Waals surface area contributed by atoms with E-state index in [1.54, 1.807) is 30.3 Å². The van der Waals surface area contributed by atoms with Crippen molar-refractivity contribution in [3.8, 4) is 22.4 Å². The summed E-state index contributed by atoms with van der Waals surface area (Å²) in [5.74, 6) is -3.00. The van der Waals surface area contributed by atoms with Crippen LogP contribution in [0.2, 0.25) is 0 Å². The summed E-state index contributed by atoms with van der Waals surface area (Å²) in [6, 6.07) is 20.1. The number of aromatic carboxylic acids is 1. The van der Waals surface area contributed by atoms with E-state index in [2.05, 4.69) is 15.0 Å². The van der Waals surface area contributed by atoms with E-state index in [-0.39, 0.29) is 11.3 Å². The first-order valence-corrected chi connectivity index (χ1v) is 9.87. The molecule has 1 N–H and O–H groups in total. The first kappa shape index (κ1) is 21.2. The molecule has 0 radical (unpaired) electrons. The Morgan fingerprint density at radius 2 is 1.47 bits per heavy atom. The van der Waals surface area contributed by atoms with Crippen LogP contribution in [0.1, 0.15) is 35.7 Å². The lowest BCUT2D eigenvalue weighted by atomic mass is 9.83. The molecule has 0 spiro atoms. The molecule has 3 aromatic heterocycles. The lowest BCUT2D eigenvalue weighted by Crippen LogP contribution is -2.23. The third-order valence-corrected chi connectivity index (χ3v) is 5.30. The summed E-state index contributed by atoms with van der Waals surface area (Å²) in [6.07, 6.45) is 0. The predicted octanol–water partition coefficient (Wildman–Crippen LogP) is 5.51. The second-order valence-electron chi connectivity index (χ2n) is 7.77. The molecule has 4 rings (SSSR count). The molecule has 7 heteroatoms. The summed E-state index contributed by atoms with van der Waals surface area (Å²) in [4.78, 5) is 24.2. The van der Waals surface area contributed by atoms with Crippen LogP contribution in [0.15, 0.2) is 72.8 Å². The number of pyridine rings is 3. The molecule has 160 valence electrons. The highest BCUT2D eigenvalue weighted by atomic mass is 19.1. The Hall–Kier alpha value is -4.00. The maximum absolute atomic E-state index is 14.2. The van der Waals surface area contributed by atoms with Crippen LogP contribution in [0.4, 0.5) is 8.78 Å². The molecule has 32 heavy (non-hydrogen) atoms. The van der Waals surface area contributed by atoms with Crippen molar-refractivity contribution in [2.75, 3.05) is 0 Å². The standard InChI is InChI=1S/C25H19F2N3O2/c1-25(2,19-10-6-9-18(28-19)17-12-14-21(26)30-23(17)27)20-13-11-16(22(29-20)24(31)32)15-7-4-3-5-8-15/h3-14H,1-2H3,(H,31,32). The average molecular weight is 431 g/mol. The topological polar surface area (TPSA) is 76.0 Å². The average Bonchev–Trinajstić information content (AvgIpc) is 2.79. The second-order valence-corrected chi connectivity index (χ2v) is 7.77. The van der Waals surface area contributed by atoms with Crippen LogP contribution in [0.25, 0.3) is 22.4 Å². The normalized spacial score (nSPS) is 11.4. The number of hydrogen-bond donors (Lipinski definition) is 1. The Morgan fingerprint density at radius 3 is 2.16 bits per heavy atom. The zero-order chi connectivity index (χ0) is 22.9. The lowest BCUT2D eigenvalue weighted by molar-refractivity contribution is 0.0691. The number of carboxylic acids is 1. The number of hydrogen-bond acceptors (Lipinski definition) is 4. The number of rotatable bonds is 5. The Kier molecular flexibility index (Phi) is 5.48. The van der Waals surface area contributed by atoms with Gasteiger partial charge in [-0.1, -0.05) is 42.5 Å². The number of benzene rings is 1. The highest BCUT2D eigenvalue weighted by molar-refractivity contribution is 5.94. The molecular weight excluding hydrogens is 412 g/mol. The fourth-order valence-corrected chi connectivity index (χ4v) is 3.49. The van der Waals surface area contributed by atoms with Gasteiger partial charge in [-0.2, -0.15) is 13.8 Å². The van der Waals surface area contributed by atoms with Gasteiger partial charge in [-0.25, -0.2) is 9.78 Å².